The topological polar surface area (TPSA) is 62.2 Å². The van der Waals surface area contributed by atoms with Crippen LogP contribution in [0.15, 0.2) is 12.3 Å². The lowest BCUT2D eigenvalue weighted by Gasteiger charge is -2.07. The molecule has 0 bridgehead atoms. The molecule has 1 atom stereocenters. The monoisotopic (exact) mass is 260 g/mol. The zero-order chi connectivity index (χ0) is 12.8. The predicted octanol–water partition coefficient (Wildman–Crippen LogP) is 1.76. The molecule has 94 valence electrons. The normalized spacial score (nSPS) is 12.2. The zero-order valence-electron chi connectivity index (χ0n) is 9.41. The summed E-state index contributed by atoms with van der Waals surface area (Å²) in [4.78, 5) is 15.1. The summed E-state index contributed by atoms with van der Waals surface area (Å²) in [7, 11) is 0. The van der Waals surface area contributed by atoms with E-state index in [2.05, 4.69) is 10.3 Å². The molecule has 0 aliphatic carbocycles. The van der Waals surface area contributed by atoms with Gasteiger partial charge in [0, 0.05) is 6.54 Å². The van der Waals surface area contributed by atoms with E-state index in [0.29, 0.717) is 19.4 Å². The first kappa shape index (κ1) is 13.9. The lowest BCUT2D eigenvalue weighted by atomic mass is 10.2. The standard InChI is InChI=1S/C11H14ClFN2O2/c1-7(16)3-2-4-14-11(17)9-5-8(13)6-15-10(9)12/h5-7,16H,2-4H2,1H3,(H,14,17). The van der Waals surface area contributed by atoms with Gasteiger partial charge in [0.2, 0.25) is 0 Å². The summed E-state index contributed by atoms with van der Waals surface area (Å²) >= 11 is 5.68. The number of carbonyl (C=O) groups is 1. The second-order valence-electron chi connectivity index (χ2n) is 3.74. The van der Waals surface area contributed by atoms with Gasteiger partial charge in [0.05, 0.1) is 17.9 Å². The maximum atomic E-state index is 12.9. The molecular weight excluding hydrogens is 247 g/mol. The molecule has 1 rings (SSSR count). The van der Waals surface area contributed by atoms with Crippen LogP contribution in [-0.2, 0) is 0 Å². The Labute approximate surface area is 104 Å². The lowest BCUT2D eigenvalue weighted by Crippen LogP contribution is -2.25. The van der Waals surface area contributed by atoms with Crippen LogP contribution in [0.2, 0.25) is 5.15 Å². The number of carbonyl (C=O) groups excluding carboxylic acids is 1. The van der Waals surface area contributed by atoms with Crippen LogP contribution in [-0.4, -0.2) is 28.6 Å². The number of aromatic nitrogens is 1. The van der Waals surface area contributed by atoms with Gasteiger partial charge in [-0.25, -0.2) is 9.37 Å². The molecule has 0 aliphatic rings. The molecule has 1 aromatic rings. The Bertz CT molecular complexity index is 399. The van der Waals surface area contributed by atoms with Crippen LogP contribution in [0.1, 0.15) is 30.1 Å². The number of halogens is 2. The van der Waals surface area contributed by atoms with Gasteiger partial charge in [0.15, 0.2) is 0 Å². The van der Waals surface area contributed by atoms with Gasteiger partial charge in [-0.05, 0) is 25.8 Å². The summed E-state index contributed by atoms with van der Waals surface area (Å²) in [5.74, 6) is -1.07. The smallest absolute Gasteiger partial charge is 0.254 e. The van der Waals surface area contributed by atoms with Crippen LogP contribution in [0.5, 0.6) is 0 Å². The first-order chi connectivity index (χ1) is 8.00. The molecule has 0 saturated carbocycles. The summed E-state index contributed by atoms with van der Waals surface area (Å²) in [6.45, 7) is 2.08. The molecule has 0 spiro atoms. The van der Waals surface area contributed by atoms with Crippen LogP contribution < -0.4 is 5.32 Å². The third kappa shape index (κ3) is 4.66. The number of pyridine rings is 1. The molecule has 0 saturated heterocycles. The minimum absolute atomic E-state index is 0.0173. The van der Waals surface area contributed by atoms with E-state index in [1.807, 2.05) is 0 Å². The van der Waals surface area contributed by atoms with E-state index in [1.165, 1.54) is 0 Å². The van der Waals surface area contributed by atoms with E-state index in [9.17, 15) is 9.18 Å². The van der Waals surface area contributed by atoms with Crippen molar-refractivity contribution in [1.29, 1.82) is 0 Å². The van der Waals surface area contributed by atoms with E-state index in [-0.39, 0.29) is 10.7 Å². The minimum atomic E-state index is -0.608. The van der Waals surface area contributed by atoms with Crippen molar-refractivity contribution in [2.24, 2.45) is 0 Å². The summed E-state index contributed by atoms with van der Waals surface area (Å²) < 4.78 is 12.9. The Balaban J connectivity index is 2.49. The average molecular weight is 261 g/mol. The fourth-order valence-electron chi connectivity index (χ4n) is 1.28. The van der Waals surface area contributed by atoms with Gasteiger partial charge in [0.1, 0.15) is 11.0 Å². The van der Waals surface area contributed by atoms with Crippen LogP contribution in [0.25, 0.3) is 0 Å². The highest BCUT2D eigenvalue weighted by atomic mass is 35.5. The molecule has 1 amide bonds. The second kappa shape index (κ2) is 6.51. The SMILES string of the molecule is CC(O)CCCNC(=O)c1cc(F)cnc1Cl. The van der Waals surface area contributed by atoms with Gasteiger partial charge in [-0.15, -0.1) is 0 Å². The van der Waals surface area contributed by atoms with Crippen LogP contribution in [0, 0.1) is 5.82 Å². The molecule has 17 heavy (non-hydrogen) atoms. The van der Waals surface area contributed by atoms with E-state index in [1.54, 1.807) is 6.92 Å². The average Bonchev–Trinajstić information content (AvgIpc) is 2.27. The molecule has 0 radical (unpaired) electrons. The Hall–Kier alpha value is -1.20. The van der Waals surface area contributed by atoms with Crippen LogP contribution in [0.3, 0.4) is 0 Å². The van der Waals surface area contributed by atoms with E-state index < -0.39 is 17.8 Å². The van der Waals surface area contributed by atoms with Crippen molar-refractivity contribution < 1.29 is 14.3 Å². The van der Waals surface area contributed by atoms with Crippen molar-refractivity contribution in [1.82, 2.24) is 10.3 Å². The van der Waals surface area contributed by atoms with Gasteiger partial charge < -0.3 is 10.4 Å². The minimum Gasteiger partial charge on any atom is -0.393 e. The maximum absolute atomic E-state index is 12.9. The highest BCUT2D eigenvalue weighted by molar-refractivity contribution is 6.32. The molecule has 4 nitrogen and oxygen atoms in total. The van der Waals surface area contributed by atoms with E-state index >= 15 is 0 Å². The fraction of sp³-hybridized carbons (Fsp3) is 0.455. The van der Waals surface area contributed by atoms with E-state index in [4.69, 9.17) is 16.7 Å². The first-order valence-corrected chi connectivity index (χ1v) is 5.66. The maximum Gasteiger partial charge on any atom is 0.254 e. The van der Waals surface area contributed by atoms with Crippen LogP contribution >= 0.6 is 11.6 Å². The first-order valence-electron chi connectivity index (χ1n) is 5.28. The van der Waals surface area contributed by atoms with E-state index in [0.717, 1.165) is 12.3 Å². The lowest BCUT2D eigenvalue weighted by molar-refractivity contribution is 0.0949. The molecule has 0 fully saturated rings. The van der Waals surface area contributed by atoms with Crippen molar-refractivity contribution in [2.75, 3.05) is 6.54 Å². The Kier molecular flexibility index (Phi) is 5.31. The molecule has 1 unspecified atom stereocenters. The summed E-state index contributed by atoms with van der Waals surface area (Å²) in [6, 6.07) is 1.04. The van der Waals surface area contributed by atoms with Crippen LogP contribution in [0.4, 0.5) is 4.39 Å². The molecule has 0 aromatic carbocycles. The van der Waals surface area contributed by atoms with Crippen molar-refractivity contribution >= 4 is 17.5 Å². The molecule has 0 aliphatic heterocycles. The van der Waals surface area contributed by atoms with Gasteiger partial charge in [-0.2, -0.15) is 0 Å². The molecule has 2 N–H and O–H groups in total. The number of amides is 1. The quantitative estimate of drug-likeness (QED) is 0.626. The van der Waals surface area contributed by atoms with Crippen molar-refractivity contribution in [2.45, 2.75) is 25.9 Å². The number of aliphatic hydroxyl groups excluding tert-OH is 1. The number of nitrogens with one attached hydrogen (secondary N) is 1. The zero-order valence-corrected chi connectivity index (χ0v) is 10.2. The Morgan fingerprint density at radius 1 is 1.71 bits per heavy atom. The number of hydrogen-bond donors (Lipinski definition) is 2. The van der Waals surface area contributed by atoms with Gasteiger partial charge in [-0.1, -0.05) is 11.6 Å². The number of rotatable bonds is 5. The third-order valence-corrected chi connectivity index (χ3v) is 2.44. The van der Waals surface area contributed by atoms with Gasteiger partial charge >= 0.3 is 0 Å². The Morgan fingerprint density at radius 3 is 3.06 bits per heavy atom. The third-order valence-electron chi connectivity index (χ3n) is 2.13. The Morgan fingerprint density at radius 2 is 2.41 bits per heavy atom. The predicted molar refractivity (Wildman–Crippen MR) is 62.5 cm³/mol. The highest BCUT2D eigenvalue weighted by Crippen LogP contribution is 2.13. The molecule has 1 aromatic heterocycles. The number of nitrogens with zero attached hydrogens (tertiary/aromatic N) is 1. The highest BCUT2D eigenvalue weighted by Gasteiger charge is 2.12. The van der Waals surface area contributed by atoms with Crippen molar-refractivity contribution in [3.8, 4) is 0 Å². The van der Waals surface area contributed by atoms with Gasteiger partial charge in [-0.3, -0.25) is 4.79 Å². The second-order valence-corrected chi connectivity index (χ2v) is 4.10. The fourth-order valence-corrected chi connectivity index (χ4v) is 1.47. The summed E-state index contributed by atoms with van der Waals surface area (Å²) in [5.41, 5.74) is 0.0173. The molecular formula is C11H14ClFN2O2. The number of hydrogen-bond acceptors (Lipinski definition) is 3. The van der Waals surface area contributed by atoms with Crippen molar-refractivity contribution in [3.05, 3.63) is 28.8 Å². The molecule has 6 heteroatoms. The molecule has 1 heterocycles. The largest absolute Gasteiger partial charge is 0.393 e. The number of aliphatic hydroxyl groups is 1. The van der Waals surface area contributed by atoms with Gasteiger partial charge in [0.25, 0.3) is 5.91 Å². The van der Waals surface area contributed by atoms with Crippen molar-refractivity contribution in [3.63, 3.8) is 0 Å². The summed E-state index contributed by atoms with van der Waals surface area (Å²) in [6.07, 6.45) is 1.79. The summed E-state index contributed by atoms with van der Waals surface area (Å²) in [5, 5.41) is 11.6.